The molecule has 2 rings (SSSR count). The molecule has 0 spiro atoms. The first-order chi connectivity index (χ1) is 12.4. The maximum absolute atomic E-state index is 11.9. The SMILES string of the molecule is C/C(CCc1ccccc1)=N/NC(=O)CSc1nn(C)c(=O)n(C)c1=O. The van der Waals surface area contributed by atoms with Gasteiger partial charge in [-0.2, -0.15) is 10.2 Å². The first kappa shape index (κ1) is 19.6. The van der Waals surface area contributed by atoms with E-state index in [9.17, 15) is 14.4 Å². The predicted molar refractivity (Wildman–Crippen MR) is 101 cm³/mol. The number of nitrogens with zero attached hydrogens (tertiary/aromatic N) is 4. The van der Waals surface area contributed by atoms with Crippen molar-refractivity contribution < 1.29 is 4.79 Å². The van der Waals surface area contributed by atoms with Crippen LogP contribution >= 0.6 is 11.8 Å². The number of aromatic nitrogens is 3. The fourth-order valence-corrected chi connectivity index (χ4v) is 2.88. The Morgan fingerprint density at radius 3 is 2.62 bits per heavy atom. The summed E-state index contributed by atoms with van der Waals surface area (Å²) in [4.78, 5) is 35.4. The molecule has 8 nitrogen and oxygen atoms in total. The summed E-state index contributed by atoms with van der Waals surface area (Å²) in [5, 5.41) is 8.04. The highest BCUT2D eigenvalue weighted by Gasteiger charge is 2.11. The summed E-state index contributed by atoms with van der Waals surface area (Å²) < 4.78 is 2.02. The topological polar surface area (TPSA) is 98.3 Å². The second-order valence-corrected chi connectivity index (χ2v) is 6.70. The standard InChI is InChI=1S/C17H21N5O3S/c1-12(9-10-13-7-5-4-6-8-13)18-19-14(23)11-26-15-16(24)21(2)17(25)22(3)20-15/h4-8H,9-11H2,1-3H3,(H,19,23)/b18-12-. The number of hydrogen-bond donors (Lipinski definition) is 1. The molecule has 0 fully saturated rings. The van der Waals surface area contributed by atoms with Gasteiger partial charge in [0.2, 0.25) is 5.91 Å². The molecule has 1 amide bonds. The van der Waals surface area contributed by atoms with E-state index < -0.39 is 11.2 Å². The lowest BCUT2D eigenvalue weighted by Gasteiger charge is -2.05. The summed E-state index contributed by atoms with van der Waals surface area (Å²) in [5.41, 5.74) is 3.46. The van der Waals surface area contributed by atoms with Crippen molar-refractivity contribution in [2.24, 2.45) is 19.2 Å². The van der Waals surface area contributed by atoms with E-state index in [1.54, 1.807) is 0 Å². The second-order valence-electron chi connectivity index (χ2n) is 5.73. The lowest BCUT2D eigenvalue weighted by atomic mass is 10.1. The van der Waals surface area contributed by atoms with Gasteiger partial charge in [0.1, 0.15) is 0 Å². The number of amides is 1. The molecule has 1 heterocycles. The number of thioether (sulfide) groups is 1. The van der Waals surface area contributed by atoms with Gasteiger partial charge >= 0.3 is 5.69 Å². The molecule has 1 aromatic heterocycles. The van der Waals surface area contributed by atoms with Crippen LogP contribution in [0.4, 0.5) is 0 Å². The molecule has 26 heavy (non-hydrogen) atoms. The predicted octanol–water partition coefficient (Wildman–Crippen LogP) is 0.696. The van der Waals surface area contributed by atoms with Gasteiger partial charge in [-0.3, -0.25) is 14.2 Å². The third kappa shape index (κ3) is 5.41. The third-order valence-electron chi connectivity index (χ3n) is 3.62. The van der Waals surface area contributed by atoms with E-state index in [4.69, 9.17) is 0 Å². The molecule has 138 valence electrons. The Bertz CT molecular complexity index is 918. The molecule has 9 heteroatoms. The minimum atomic E-state index is -0.520. The van der Waals surface area contributed by atoms with Gasteiger partial charge in [-0.05, 0) is 25.3 Å². The Labute approximate surface area is 154 Å². The Hall–Kier alpha value is -2.68. The van der Waals surface area contributed by atoms with Crippen LogP contribution in [-0.4, -0.2) is 31.7 Å². The third-order valence-corrected chi connectivity index (χ3v) is 4.56. The van der Waals surface area contributed by atoms with Gasteiger partial charge < -0.3 is 0 Å². The number of rotatable bonds is 7. The molecule has 1 aromatic carbocycles. The van der Waals surface area contributed by atoms with Gasteiger partial charge in [0.15, 0.2) is 5.03 Å². The number of carbonyl (C=O) groups is 1. The molecule has 0 bridgehead atoms. The molecule has 0 saturated carbocycles. The Balaban J connectivity index is 1.85. The minimum Gasteiger partial charge on any atom is -0.272 e. The quantitative estimate of drug-likeness (QED) is 0.436. The van der Waals surface area contributed by atoms with Crippen LogP contribution in [0.15, 0.2) is 50.0 Å². The van der Waals surface area contributed by atoms with Gasteiger partial charge in [-0.1, -0.05) is 42.1 Å². The minimum absolute atomic E-state index is 0.0179. The van der Waals surface area contributed by atoms with Crippen LogP contribution < -0.4 is 16.7 Å². The highest BCUT2D eigenvalue weighted by atomic mass is 32.2. The van der Waals surface area contributed by atoms with Crippen molar-refractivity contribution in [2.75, 3.05) is 5.75 Å². The van der Waals surface area contributed by atoms with Crippen LogP contribution in [0.2, 0.25) is 0 Å². The smallest absolute Gasteiger partial charge is 0.272 e. The van der Waals surface area contributed by atoms with Crippen molar-refractivity contribution in [3.63, 3.8) is 0 Å². The molecule has 0 aliphatic rings. The van der Waals surface area contributed by atoms with Gasteiger partial charge in [0, 0.05) is 19.8 Å². The average molecular weight is 375 g/mol. The van der Waals surface area contributed by atoms with Crippen molar-refractivity contribution in [3.05, 3.63) is 56.7 Å². The van der Waals surface area contributed by atoms with Crippen LogP contribution in [0.5, 0.6) is 0 Å². The van der Waals surface area contributed by atoms with Gasteiger partial charge in [0.25, 0.3) is 5.56 Å². The van der Waals surface area contributed by atoms with Crippen molar-refractivity contribution in [1.82, 2.24) is 19.8 Å². The summed E-state index contributed by atoms with van der Waals surface area (Å²) >= 11 is 0.969. The molecule has 0 atom stereocenters. The fraction of sp³-hybridized carbons (Fsp3) is 0.353. The molecule has 1 N–H and O–H groups in total. The zero-order valence-corrected chi connectivity index (χ0v) is 15.7. The van der Waals surface area contributed by atoms with E-state index in [1.807, 2.05) is 37.3 Å². The van der Waals surface area contributed by atoms with Crippen LogP contribution in [-0.2, 0) is 25.3 Å². The number of aryl methyl sites for hydroxylation is 2. The Morgan fingerprint density at radius 2 is 1.92 bits per heavy atom. The van der Waals surface area contributed by atoms with E-state index in [2.05, 4.69) is 15.6 Å². The molecule has 0 aliphatic carbocycles. The number of benzene rings is 1. The highest BCUT2D eigenvalue weighted by Crippen LogP contribution is 2.08. The van der Waals surface area contributed by atoms with E-state index in [0.29, 0.717) is 0 Å². The normalized spacial score (nSPS) is 11.4. The van der Waals surface area contributed by atoms with Crippen molar-refractivity contribution >= 4 is 23.4 Å². The first-order valence-corrected chi connectivity index (χ1v) is 9.00. The number of carbonyl (C=O) groups excluding carboxylic acids is 1. The molecule has 0 saturated heterocycles. The number of hydrogen-bond acceptors (Lipinski definition) is 6. The van der Waals surface area contributed by atoms with E-state index in [0.717, 1.165) is 39.6 Å². The molecule has 0 aliphatic heterocycles. The molecule has 0 radical (unpaired) electrons. The second kappa shape index (κ2) is 9.14. The molecular weight excluding hydrogens is 354 g/mol. The summed E-state index contributed by atoms with van der Waals surface area (Å²) in [6.45, 7) is 1.85. The summed E-state index contributed by atoms with van der Waals surface area (Å²) in [5.74, 6) is -0.359. The van der Waals surface area contributed by atoms with Gasteiger partial charge in [-0.15, -0.1) is 0 Å². The summed E-state index contributed by atoms with van der Waals surface area (Å²) in [6, 6.07) is 10.0. The summed E-state index contributed by atoms with van der Waals surface area (Å²) in [7, 11) is 2.82. The van der Waals surface area contributed by atoms with Crippen LogP contribution in [0.3, 0.4) is 0 Å². The maximum Gasteiger partial charge on any atom is 0.346 e. The largest absolute Gasteiger partial charge is 0.346 e. The molecule has 0 unspecified atom stereocenters. The maximum atomic E-state index is 11.9. The highest BCUT2D eigenvalue weighted by molar-refractivity contribution is 7.99. The Kier molecular flexibility index (Phi) is 6.90. The number of hydrazone groups is 1. The number of nitrogens with one attached hydrogen (secondary N) is 1. The molecular formula is C17H21N5O3S. The monoisotopic (exact) mass is 375 g/mol. The van der Waals surface area contributed by atoms with Gasteiger partial charge in [0.05, 0.1) is 5.75 Å². The summed E-state index contributed by atoms with van der Waals surface area (Å²) in [6.07, 6.45) is 1.58. The van der Waals surface area contributed by atoms with Crippen LogP contribution in [0, 0.1) is 0 Å². The van der Waals surface area contributed by atoms with Crippen molar-refractivity contribution in [2.45, 2.75) is 24.8 Å². The van der Waals surface area contributed by atoms with E-state index in [1.165, 1.54) is 19.7 Å². The molecule has 2 aromatic rings. The lowest BCUT2D eigenvalue weighted by molar-refractivity contribution is -0.118. The average Bonchev–Trinajstić information content (AvgIpc) is 2.65. The van der Waals surface area contributed by atoms with Crippen molar-refractivity contribution in [3.8, 4) is 0 Å². The zero-order valence-electron chi connectivity index (χ0n) is 14.9. The first-order valence-electron chi connectivity index (χ1n) is 8.01. The van der Waals surface area contributed by atoms with E-state index >= 15 is 0 Å². The Morgan fingerprint density at radius 1 is 1.23 bits per heavy atom. The van der Waals surface area contributed by atoms with Crippen LogP contribution in [0.25, 0.3) is 0 Å². The van der Waals surface area contributed by atoms with Crippen LogP contribution in [0.1, 0.15) is 18.9 Å². The van der Waals surface area contributed by atoms with Crippen molar-refractivity contribution in [1.29, 1.82) is 0 Å². The zero-order chi connectivity index (χ0) is 19.1. The fourth-order valence-electron chi connectivity index (χ4n) is 2.11. The van der Waals surface area contributed by atoms with E-state index in [-0.39, 0.29) is 16.7 Å². The lowest BCUT2D eigenvalue weighted by Crippen LogP contribution is -2.39. The van der Waals surface area contributed by atoms with Gasteiger partial charge in [-0.25, -0.2) is 14.9 Å².